The summed E-state index contributed by atoms with van der Waals surface area (Å²) in [4.78, 5) is 38.2. The van der Waals surface area contributed by atoms with E-state index in [2.05, 4.69) is 31.9 Å². The highest BCUT2D eigenvalue weighted by Crippen LogP contribution is 2.32. The molecule has 0 unspecified atom stereocenters. The zero-order valence-corrected chi connectivity index (χ0v) is 16.7. The van der Waals surface area contributed by atoms with Crippen LogP contribution in [0.5, 0.6) is 0 Å². The van der Waals surface area contributed by atoms with E-state index in [4.69, 9.17) is 0 Å². The van der Waals surface area contributed by atoms with Crippen LogP contribution in [-0.4, -0.2) is 28.4 Å². The van der Waals surface area contributed by atoms with Crippen LogP contribution >= 0.6 is 43.6 Å². The zero-order chi connectivity index (χ0) is 18.0. The lowest BCUT2D eigenvalue weighted by molar-refractivity contribution is -0.122. The van der Waals surface area contributed by atoms with Gasteiger partial charge in [0.1, 0.15) is 0 Å². The lowest BCUT2D eigenvalue weighted by Crippen LogP contribution is -2.33. The molecule has 2 aromatic carbocycles. The van der Waals surface area contributed by atoms with E-state index >= 15 is 0 Å². The molecule has 25 heavy (non-hydrogen) atoms. The van der Waals surface area contributed by atoms with Gasteiger partial charge in [-0.25, -0.2) is 0 Å². The van der Waals surface area contributed by atoms with E-state index in [1.165, 1.54) is 0 Å². The molecule has 0 saturated carbocycles. The smallest absolute Gasteiger partial charge is 0.292 e. The molecule has 4 nitrogen and oxygen atoms in total. The summed E-state index contributed by atoms with van der Waals surface area (Å²) in [7, 11) is 0. The van der Waals surface area contributed by atoms with Crippen molar-refractivity contribution in [2.24, 2.45) is 0 Å². The van der Waals surface area contributed by atoms with Crippen molar-refractivity contribution >= 4 is 66.6 Å². The maximum atomic E-state index is 12.5. The van der Waals surface area contributed by atoms with Gasteiger partial charge in [-0.15, -0.1) is 0 Å². The number of halogens is 2. The van der Waals surface area contributed by atoms with Crippen molar-refractivity contribution in [2.45, 2.75) is 0 Å². The van der Waals surface area contributed by atoms with E-state index in [1.54, 1.807) is 30.3 Å². The van der Waals surface area contributed by atoms with Gasteiger partial charge in [0, 0.05) is 14.5 Å². The van der Waals surface area contributed by atoms with E-state index in [0.29, 0.717) is 10.5 Å². The number of carbonyl (C=O) groups excluding carboxylic acids is 3. The Bertz CT molecular complexity index is 893. The third-order valence-electron chi connectivity index (χ3n) is 3.49. The average molecular weight is 481 g/mol. The van der Waals surface area contributed by atoms with Gasteiger partial charge in [0.05, 0.1) is 11.4 Å². The Hall–Kier alpha value is -1.70. The fraction of sp³-hybridized carbons (Fsp3) is 0.0556. The van der Waals surface area contributed by atoms with Crippen LogP contribution in [-0.2, 0) is 4.79 Å². The molecule has 1 aliphatic rings. The predicted molar refractivity (Wildman–Crippen MR) is 105 cm³/mol. The molecule has 0 spiro atoms. The molecule has 1 heterocycles. The summed E-state index contributed by atoms with van der Waals surface area (Å²) in [5, 5.41) is -0.434. The lowest BCUT2D eigenvalue weighted by atomic mass is 10.1. The third kappa shape index (κ3) is 4.29. The summed E-state index contributed by atoms with van der Waals surface area (Å²) in [5.74, 6) is -0.723. The molecule has 0 aliphatic carbocycles. The second-order valence-corrected chi connectivity index (χ2v) is 8.08. The minimum atomic E-state index is -0.444. The summed E-state index contributed by atoms with van der Waals surface area (Å²) in [5.41, 5.74) is 1.26. The van der Waals surface area contributed by atoms with E-state index in [1.807, 2.05) is 24.3 Å². The molecule has 2 amide bonds. The summed E-state index contributed by atoms with van der Waals surface area (Å²) >= 11 is 7.52. The Labute approximate surface area is 165 Å². The summed E-state index contributed by atoms with van der Waals surface area (Å²) in [6.07, 6.45) is 1.65. The van der Waals surface area contributed by atoms with E-state index in [-0.39, 0.29) is 12.3 Å². The van der Waals surface area contributed by atoms with Crippen LogP contribution in [0.3, 0.4) is 0 Å². The first-order valence-corrected chi connectivity index (χ1v) is 9.64. The molecule has 1 aliphatic heterocycles. The number of benzene rings is 2. The molecule has 0 bridgehead atoms. The van der Waals surface area contributed by atoms with Gasteiger partial charge in [-0.3, -0.25) is 19.3 Å². The van der Waals surface area contributed by atoms with Crippen molar-refractivity contribution in [1.82, 2.24) is 4.90 Å². The van der Waals surface area contributed by atoms with Crippen molar-refractivity contribution in [1.29, 1.82) is 0 Å². The van der Waals surface area contributed by atoms with Crippen LogP contribution in [0, 0.1) is 0 Å². The first-order chi connectivity index (χ1) is 11.9. The van der Waals surface area contributed by atoms with Crippen LogP contribution in [0.4, 0.5) is 4.79 Å². The number of carbonyl (C=O) groups is 3. The molecule has 2 aromatic rings. The number of Topliss-reactive ketones (excluding diaryl/α,β-unsaturated/α-hetero) is 1. The zero-order valence-electron chi connectivity index (χ0n) is 12.7. The largest absolute Gasteiger partial charge is 0.293 e. The number of hydrogen-bond acceptors (Lipinski definition) is 4. The molecule has 126 valence electrons. The van der Waals surface area contributed by atoms with Crippen LogP contribution in [0.1, 0.15) is 15.9 Å². The van der Waals surface area contributed by atoms with Gasteiger partial charge in [0.25, 0.3) is 11.1 Å². The number of nitrogens with zero attached hydrogens (tertiary/aromatic N) is 1. The number of rotatable bonds is 4. The van der Waals surface area contributed by atoms with Gasteiger partial charge < -0.3 is 0 Å². The molecule has 1 fully saturated rings. The fourth-order valence-corrected chi connectivity index (χ4v) is 3.77. The molecule has 0 aromatic heterocycles. The molecule has 1 saturated heterocycles. The average Bonchev–Trinajstić information content (AvgIpc) is 2.83. The van der Waals surface area contributed by atoms with Crippen molar-refractivity contribution in [3.8, 4) is 0 Å². The topological polar surface area (TPSA) is 54.5 Å². The molecule has 0 atom stereocenters. The van der Waals surface area contributed by atoms with Crippen molar-refractivity contribution in [2.75, 3.05) is 6.54 Å². The third-order valence-corrected chi connectivity index (χ3v) is 5.42. The van der Waals surface area contributed by atoms with E-state index < -0.39 is 11.1 Å². The van der Waals surface area contributed by atoms with Gasteiger partial charge in [-0.1, -0.05) is 56.1 Å². The van der Waals surface area contributed by atoms with E-state index in [9.17, 15) is 14.4 Å². The maximum absolute atomic E-state index is 12.5. The molecular weight excluding hydrogens is 470 g/mol. The molecule has 0 N–H and O–H groups in total. The second kappa shape index (κ2) is 7.68. The van der Waals surface area contributed by atoms with Crippen LogP contribution < -0.4 is 0 Å². The van der Waals surface area contributed by atoms with Gasteiger partial charge in [-0.05, 0) is 47.7 Å². The number of imide groups is 1. The predicted octanol–water partition coefficient (Wildman–Crippen LogP) is 5.13. The lowest BCUT2D eigenvalue weighted by Gasteiger charge is -2.11. The number of hydrogen-bond donors (Lipinski definition) is 0. The monoisotopic (exact) mass is 479 g/mol. The van der Waals surface area contributed by atoms with Crippen molar-refractivity contribution in [3.05, 3.63) is 73.5 Å². The Morgan fingerprint density at radius 1 is 1.04 bits per heavy atom. The maximum Gasteiger partial charge on any atom is 0.293 e. The highest BCUT2D eigenvalue weighted by atomic mass is 79.9. The first kappa shape index (κ1) is 18.1. The Balaban J connectivity index is 1.77. The van der Waals surface area contributed by atoms with Gasteiger partial charge in [0.2, 0.25) is 0 Å². The second-order valence-electron chi connectivity index (χ2n) is 5.25. The number of ketones is 1. The van der Waals surface area contributed by atoms with Gasteiger partial charge >= 0.3 is 0 Å². The Kier molecular flexibility index (Phi) is 5.56. The molecule has 0 radical (unpaired) electrons. The minimum Gasteiger partial charge on any atom is -0.292 e. The van der Waals surface area contributed by atoms with Crippen LogP contribution in [0.25, 0.3) is 6.08 Å². The molecule has 3 rings (SSSR count). The minimum absolute atomic E-state index is 0.262. The van der Waals surface area contributed by atoms with Crippen LogP contribution in [0.15, 0.2) is 62.4 Å². The Morgan fingerprint density at radius 3 is 2.44 bits per heavy atom. The summed E-state index contributed by atoms with van der Waals surface area (Å²) < 4.78 is 1.73. The SMILES string of the molecule is O=C(CN1C(=O)S/C(=C/c2cccc(Br)c2)C1=O)c1ccc(Br)cc1. The van der Waals surface area contributed by atoms with E-state index in [0.717, 1.165) is 31.2 Å². The number of amides is 2. The first-order valence-electron chi connectivity index (χ1n) is 7.24. The van der Waals surface area contributed by atoms with Gasteiger partial charge in [0.15, 0.2) is 5.78 Å². The van der Waals surface area contributed by atoms with Crippen molar-refractivity contribution < 1.29 is 14.4 Å². The fourth-order valence-electron chi connectivity index (χ4n) is 2.25. The molecule has 7 heteroatoms. The van der Waals surface area contributed by atoms with Crippen LogP contribution in [0.2, 0.25) is 0 Å². The summed E-state index contributed by atoms with van der Waals surface area (Å²) in [6.45, 7) is -0.262. The normalized spacial score (nSPS) is 15.9. The number of thioether (sulfide) groups is 1. The Morgan fingerprint density at radius 2 is 1.76 bits per heavy atom. The quantitative estimate of drug-likeness (QED) is 0.449. The standard InChI is InChI=1S/C18H11Br2NO3S/c19-13-6-4-12(5-7-13)15(22)10-21-17(23)16(25-18(21)24)9-11-2-1-3-14(20)8-11/h1-9H,10H2/b16-9+. The van der Waals surface area contributed by atoms with Crippen molar-refractivity contribution in [3.63, 3.8) is 0 Å². The summed E-state index contributed by atoms with van der Waals surface area (Å²) in [6, 6.07) is 14.2. The molecular formula is C18H11Br2NO3S. The highest BCUT2D eigenvalue weighted by molar-refractivity contribution is 9.10. The highest BCUT2D eigenvalue weighted by Gasteiger charge is 2.36. The van der Waals surface area contributed by atoms with Gasteiger partial charge in [-0.2, -0.15) is 0 Å².